The summed E-state index contributed by atoms with van der Waals surface area (Å²) < 4.78 is 47.0. The second kappa shape index (κ2) is 8.42. The van der Waals surface area contributed by atoms with Crippen molar-refractivity contribution in [2.75, 3.05) is 31.6 Å². The Labute approximate surface area is 179 Å². The molecule has 0 bridgehead atoms. The number of nitrogens with zero attached hydrogens (tertiary/aromatic N) is 2. The molecule has 4 rings (SSSR count). The maximum absolute atomic E-state index is 12.9. The zero-order chi connectivity index (χ0) is 22.2. The van der Waals surface area contributed by atoms with Gasteiger partial charge in [0.15, 0.2) is 0 Å². The largest absolute Gasteiger partial charge is 0.573 e. The predicted octanol–water partition coefficient (Wildman–Crippen LogP) is 4.77. The standard InChI is InChI=1S/C23H25F3N2O3/c1-15-11-20(30-14-16-7-9-27(2)10-8-16)12-17-13-28(22(29)21(15)17)18-3-5-19(6-4-18)31-23(24,25)26/h3-6,11-12,16H,7-10,13-14H2,1-2H3. The van der Waals surface area contributed by atoms with Crippen LogP contribution in [-0.2, 0) is 6.54 Å². The van der Waals surface area contributed by atoms with E-state index in [1.807, 2.05) is 19.1 Å². The molecule has 1 fully saturated rings. The van der Waals surface area contributed by atoms with Crippen LogP contribution in [0.4, 0.5) is 18.9 Å². The summed E-state index contributed by atoms with van der Waals surface area (Å²) in [5, 5.41) is 0. The Morgan fingerprint density at radius 2 is 1.74 bits per heavy atom. The Kier molecular flexibility index (Phi) is 5.83. The molecule has 0 unspecified atom stereocenters. The lowest BCUT2D eigenvalue weighted by Gasteiger charge is -2.28. The van der Waals surface area contributed by atoms with Crippen LogP contribution in [0.1, 0.15) is 34.3 Å². The molecule has 0 radical (unpaired) electrons. The van der Waals surface area contributed by atoms with E-state index in [0.717, 1.165) is 42.8 Å². The molecular formula is C23H25F3N2O3. The number of anilines is 1. The van der Waals surface area contributed by atoms with Crippen molar-refractivity contribution >= 4 is 11.6 Å². The van der Waals surface area contributed by atoms with Crippen LogP contribution in [-0.4, -0.2) is 43.9 Å². The molecule has 8 heteroatoms. The first kappa shape index (κ1) is 21.5. The lowest BCUT2D eigenvalue weighted by atomic mass is 9.98. The highest BCUT2D eigenvalue weighted by atomic mass is 19.4. The van der Waals surface area contributed by atoms with Crippen LogP contribution in [0.2, 0.25) is 0 Å². The molecule has 0 spiro atoms. The van der Waals surface area contributed by atoms with E-state index < -0.39 is 6.36 Å². The summed E-state index contributed by atoms with van der Waals surface area (Å²) in [4.78, 5) is 16.8. The molecule has 2 aromatic rings. The summed E-state index contributed by atoms with van der Waals surface area (Å²) in [7, 11) is 2.13. The van der Waals surface area contributed by atoms with Crippen LogP contribution < -0.4 is 14.4 Å². The fourth-order valence-electron chi connectivity index (χ4n) is 4.19. The monoisotopic (exact) mass is 434 g/mol. The number of carbonyl (C=O) groups excluding carboxylic acids is 1. The van der Waals surface area contributed by atoms with Crippen molar-refractivity contribution in [1.82, 2.24) is 4.90 Å². The first-order valence-electron chi connectivity index (χ1n) is 10.3. The molecule has 0 N–H and O–H groups in total. The van der Waals surface area contributed by atoms with E-state index in [2.05, 4.69) is 16.7 Å². The number of aryl methyl sites for hydroxylation is 1. The molecule has 5 nitrogen and oxygen atoms in total. The SMILES string of the molecule is Cc1cc(OCC2CCN(C)CC2)cc2c1C(=O)N(c1ccc(OC(F)(F)F)cc1)C2. The second-order valence-electron chi connectivity index (χ2n) is 8.26. The Morgan fingerprint density at radius 1 is 1.06 bits per heavy atom. The Hall–Kier alpha value is -2.74. The molecule has 0 aliphatic carbocycles. The number of piperidine rings is 1. The lowest BCUT2D eigenvalue weighted by Crippen LogP contribution is -2.32. The van der Waals surface area contributed by atoms with Gasteiger partial charge in [0.25, 0.3) is 5.91 Å². The molecule has 2 aliphatic heterocycles. The van der Waals surface area contributed by atoms with Gasteiger partial charge in [0.05, 0.1) is 13.2 Å². The van der Waals surface area contributed by atoms with E-state index in [1.54, 1.807) is 4.90 Å². The number of halogens is 3. The third kappa shape index (κ3) is 4.95. The summed E-state index contributed by atoms with van der Waals surface area (Å²) in [5.74, 6) is 0.791. The number of alkyl halides is 3. The molecule has 0 atom stereocenters. The minimum absolute atomic E-state index is 0.168. The zero-order valence-electron chi connectivity index (χ0n) is 17.5. The topological polar surface area (TPSA) is 42.0 Å². The molecule has 1 saturated heterocycles. The van der Waals surface area contributed by atoms with Crippen molar-refractivity contribution in [3.63, 3.8) is 0 Å². The smallest absolute Gasteiger partial charge is 0.493 e. The van der Waals surface area contributed by atoms with Crippen molar-refractivity contribution in [1.29, 1.82) is 0 Å². The van der Waals surface area contributed by atoms with Gasteiger partial charge in [0, 0.05) is 11.3 Å². The predicted molar refractivity (Wildman–Crippen MR) is 111 cm³/mol. The molecule has 31 heavy (non-hydrogen) atoms. The number of benzene rings is 2. The second-order valence-corrected chi connectivity index (χ2v) is 8.26. The quantitative estimate of drug-likeness (QED) is 0.680. The number of carbonyl (C=O) groups is 1. The lowest BCUT2D eigenvalue weighted by molar-refractivity contribution is -0.274. The average Bonchev–Trinajstić information content (AvgIpc) is 3.04. The van der Waals surface area contributed by atoms with Gasteiger partial charge in [-0.25, -0.2) is 0 Å². The van der Waals surface area contributed by atoms with Gasteiger partial charge < -0.3 is 19.3 Å². The Morgan fingerprint density at radius 3 is 2.39 bits per heavy atom. The summed E-state index contributed by atoms with van der Waals surface area (Å²) in [6.45, 7) is 5.04. The van der Waals surface area contributed by atoms with Gasteiger partial charge in [-0.3, -0.25) is 4.79 Å². The number of hydrogen-bond donors (Lipinski definition) is 0. The zero-order valence-corrected chi connectivity index (χ0v) is 17.5. The number of hydrogen-bond acceptors (Lipinski definition) is 4. The number of fused-ring (bicyclic) bond motifs is 1. The molecule has 0 saturated carbocycles. The van der Waals surface area contributed by atoms with E-state index in [4.69, 9.17) is 4.74 Å². The summed E-state index contributed by atoms with van der Waals surface area (Å²) in [6.07, 6.45) is -2.52. The third-order valence-corrected chi connectivity index (χ3v) is 5.88. The molecule has 2 heterocycles. The molecule has 2 aromatic carbocycles. The van der Waals surface area contributed by atoms with Crippen LogP contribution in [0.25, 0.3) is 0 Å². The summed E-state index contributed by atoms with van der Waals surface area (Å²) in [6, 6.07) is 9.12. The highest BCUT2D eigenvalue weighted by Gasteiger charge is 2.33. The number of ether oxygens (including phenoxy) is 2. The van der Waals surface area contributed by atoms with Crippen LogP contribution in [0, 0.1) is 12.8 Å². The molecular weight excluding hydrogens is 409 g/mol. The molecule has 2 aliphatic rings. The average molecular weight is 434 g/mol. The van der Waals surface area contributed by atoms with E-state index in [9.17, 15) is 18.0 Å². The number of rotatable bonds is 5. The summed E-state index contributed by atoms with van der Waals surface area (Å²) >= 11 is 0. The normalized spacial score (nSPS) is 17.7. The van der Waals surface area contributed by atoms with Gasteiger partial charge in [-0.15, -0.1) is 13.2 Å². The van der Waals surface area contributed by atoms with E-state index >= 15 is 0 Å². The third-order valence-electron chi connectivity index (χ3n) is 5.88. The highest BCUT2D eigenvalue weighted by molar-refractivity contribution is 6.11. The van der Waals surface area contributed by atoms with Crippen molar-refractivity contribution in [3.05, 3.63) is 53.1 Å². The first-order chi connectivity index (χ1) is 14.7. The Bertz CT molecular complexity index is 952. The van der Waals surface area contributed by atoms with Gasteiger partial charge in [0.1, 0.15) is 11.5 Å². The van der Waals surface area contributed by atoms with Crippen LogP contribution in [0.5, 0.6) is 11.5 Å². The maximum atomic E-state index is 12.9. The maximum Gasteiger partial charge on any atom is 0.573 e. The first-order valence-corrected chi connectivity index (χ1v) is 10.3. The minimum Gasteiger partial charge on any atom is -0.493 e. The van der Waals surface area contributed by atoms with E-state index in [0.29, 0.717) is 30.3 Å². The minimum atomic E-state index is -4.75. The molecule has 1 amide bonds. The molecule has 166 valence electrons. The van der Waals surface area contributed by atoms with Gasteiger partial charge in [-0.1, -0.05) is 0 Å². The van der Waals surface area contributed by atoms with Crippen LogP contribution >= 0.6 is 0 Å². The van der Waals surface area contributed by atoms with Gasteiger partial charge in [-0.2, -0.15) is 0 Å². The van der Waals surface area contributed by atoms with Crippen molar-refractivity contribution in [2.24, 2.45) is 5.92 Å². The van der Waals surface area contributed by atoms with Gasteiger partial charge in [-0.05, 0) is 93.3 Å². The van der Waals surface area contributed by atoms with Crippen molar-refractivity contribution in [3.8, 4) is 11.5 Å². The van der Waals surface area contributed by atoms with Gasteiger partial charge >= 0.3 is 6.36 Å². The van der Waals surface area contributed by atoms with Crippen molar-refractivity contribution < 1.29 is 27.4 Å². The van der Waals surface area contributed by atoms with Crippen LogP contribution in [0.15, 0.2) is 36.4 Å². The van der Waals surface area contributed by atoms with E-state index in [-0.39, 0.29) is 11.7 Å². The van der Waals surface area contributed by atoms with Gasteiger partial charge in [0.2, 0.25) is 0 Å². The Balaban J connectivity index is 1.45. The van der Waals surface area contributed by atoms with Crippen LogP contribution in [0.3, 0.4) is 0 Å². The number of likely N-dealkylation sites (tertiary alicyclic amines) is 1. The molecule has 0 aromatic heterocycles. The summed E-state index contributed by atoms with van der Waals surface area (Å²) in [5.41, 5.74) is 2.84. The van der Waals surface area contributed by atoms with E-state index in [1.165, 1.54) is 24.3 Å². The fraction of sp³-hybridized carbons (Fsp3) is 0.435. The fourth-order valence-corrected chi connectivity index (χ4v) is 4.19. The van der Waals surface area contributed by atoms with Crippen molar-refractivity contribution in [2.45, 2.75) is 32.7 Å². The number of amides is 1. The highest BCUT2D eigenvalue weighted by Crippen LogP contribution is 2.34.